The number of phenolic OH excluding ortho intramolecular Hbond substituents is 1. The van der Waals surface area contributed by atoms with Crippen LogP contribution in [0.1, 0.15) is 28.4 Å². The van der Waals surface area contributed by atoms with Gasteiger partial charge in [0.25, 0.3) is 0 Å². The van der Waals surface area contributed by atoms with Crippen LogP contribution in [-0.2, 0) is 4.74 Å². The van der Waals surface area contributed by atoms with E-state index in [-0.39, 0.29) is 12.4 Å². The molecule has 27 heavy (non-hydrogen) atoms. The summed E-state index contributed by atoms with van der Waals surface area (Å²) in [4.78, 5) is 17.0. The number of esters is 1. The number of hydrogen-bond donors (Lipinski definition) is 1. The summed E-state index contributed by atoms with van der Waals surface area (Å²) in [6.07, 6.45) is 1.55. The molecular weight excluding hydrogens is 426 g/mol. The molecule has 0 bridgehead atoms. The third-order valence-electron chi connectivity index (χ3n) is 3.92. The van der Waals surface area contributed by atoms with Gasteiger partial charge in [-0.3, -0.25) is 0 Å². The second-order valence-electron chi connectivity index (χ2n) is 5.88. The SMILES string of the molecule is CCOC(=O)c1c(-c2ccc(C)cc2)csc1/N=C/c1cc(Br)ccc1O. The number of ether oxygens (including phenoxy) is 1. The second kappa shape index (κ2) is 8.50. The highest BCUT2D eigenvalue weighted by molar-refractivity contribution is 9.10. The summed E-state index contributed by atoms with van der Waals surface area (Å²) in [5.41, 5.74) is 3.88. The monoisotopic (exact) mass is 443 g/mol. The topological polar surface area (TPSA) is 58.9 Å². The molecule has 6 heteroatoms. The molecule has 3 aromatic rings. The zero-order valence-corrected chi connectivity index (χ0v) is 17.3. The first-order chi connectivity index (χ1) is 13.0. The Balaban J connectivity index is 2.04. The van der Waals surface area contributed by atoms with E-state index in [4.69, 9.17) is 4.74 Å². The van der Waals surface area contributed by atoms with Crippen LogP contribution < -0.4 is 0 Å². The molecule has 3 rings (SSSR count). The minimum atomic E-state index is -0.403. The lowest BCUT2D eigenvalue weighted by Gasteiger charge is -2.06. The van der Waals surface area contributed by atoms with E-state index in [1.807, 2.05) is 36.6 Å². The maximum atomic E-state index is 12.6. The third kappa shape index (κ3) is 4.46. The van der Waals surface area contributed by atoms with Gasteiger partial charge in [0.1, 0.15) is 16.3 Å². The van der Waals surface area contributed by atoms with E-state index < -0.39 is 5.97 Å². The van der Waals surface area contributed by atoms with Crippen LogP contribution in [0.25, 0.3) is 11.1 Å². The van der Waals surface area contributed by atoms with Crippen LogP contribution in [0.15, 0.2) is 57.3 Å². The first-order valence-electron chi connectivity index (χ1n) is 8.38. The Hall–Kier alpha value is -2.44. The lowest BCUT2D eigenvalue weighted by Crippen LogP contribution is -2.05. The summed E-state index contributed by atoms with van der Waals surface area (Å²) in [5.74, 6) is -0.283. The van der Waals surface area contributed by atoms with Crippen molar-refractivity contribution in [1.82, 2.24) is 0 Å². The lowest BCUT2D eigenvalue weighted by atomic mass is 10.0. The van der Waals surface area contributed by atoms with Crippen molar-refractivity contribution in [2.45, 2.75) is 13.8 Å². The average Bonchev–Trinajstić information content (AvgIpc) is 3.07. The Morgan fingerprint density at radius 2 is 2.00 bits per heavy atom. The first kappa shape index (κ1) is 19.3. The van der Waals surface area contributed by atoms with Crippen LogP contribution >= 0.6 is 27.3 Å². The van der Waals surface area contributed by atoms with Crippen LogP contribution in [-0.4, -0.2) is 23.9 Å². The molecule has 0 aliphatic heterocycles. The van der Waals surface area contributed by atoms with Crippen molar-refractivity contribution in [1.29, 1.82) is 0 Å². The molecule has 0 aliphatic rings. The second-order valence-corrected chi connectivity index (χ2v) is 7.65. The van der Waals surface area contributed by atoms with Gasteiger partial charge in [-0.1, -0.05) is 45.8 Å². The van der Waals surface area contributed by atoms with Gasteiger partial charge in [-0.2, -0.15) is 0 Å². The van der Waals surface area contributed by atoms with Gasteiger partial charge in [0.05, 0.1) is 6.61 Å². The molecule has 2 aromatic carbocycles. The van der Waals surface area contributed by atoms with Gasteiger partial charge in [-0.15, -0.1) is 11.3 Å². The van der Waals surface area contributed by atoms with Gasteiger partial charge >= 0.3 is 5.97 Å². The van der Waals surface area contributed by atoms with Crippen molar-refractivity contribution in [3.05, 3.63) is 69.0 Å². The molecule has 0 fully saturated rings. The van der Waals surface area contributed by atoms with E-state index in [0.717, 1.165) is 21.2 Å². The number of aliphatic imine (C=N–C) groups is 1. The van der Waals surface area contributed by atoms with E-state index in [0.29, 0.717) is 16.1 Å². The fraction of sp³-hybridized carbons (Fsp3) is 0.143. The van der Waals surface area contributed by atoms with Gasteiger partial charge in [-0.25, -0.2) is 9.79 Å². The minimum absolute atomic E-state index is 0.120. The summed E-state index contributed by atoms with van der Waals surface area (Å²) >= 11 is 4.74. The quantitative estimate of drug-likeness (QED) is 0.381. The number of thiophene rings is 1. The largest absolute Gasteiger partial charge is 0.507 e. The molecule has 1 aromatic heterocycles. The van der Waals surface area contributed by atoms with Crippen LogP contribution in [0.5, 0.6) is 5.75 Å². The fourth-order valence-corrected chi connectivity index (χ4v) is 3.83. The molecule has 0 saturated heterocycles. The van der Waals surface area contributed by atoms with Gasteiger partial charge in [0.2, 0.25) is 0 Å². The van der Waals surface area contributed by atoms with Crippen LogP contribution in [0, 0.1) is 6.92 Å². The summed E-state index contributed by atoms with van der Waals surface area (Å²) in [6.45, 7) is 4.08. The van der Waals surface area contributed by atoms with E-state index in [1.165, 1.54) is 11.3 Å². The van der Waals surface area contributed by atoms with Crippen molar-refractivity contribution < 1.29 is 14.6 Å². The molecule has 0 amide bonds. The molecule has 0 spiro atoms. The number of benzene rings is 2. The van der Waals surface area contributed by atoms with E-state index in [9.17, 15) is 9.90 Å². The average molecular weight is 444 g/mol. The van der Waals surface area contributed by atoms with Gasteiger partial charge in [0, 0.05) is 27.2 Å². The zero-order valence-electron chi connectivity index (χ0n) is 14.9. The molecule has 0 saturated carbocycles. The normalized spacial score (nSPS) is 11.1. The van der Waals surface area contributed by atoms with E-state index in [1.54, 1.807) is 31.3 Å². The highest BCUT2D eigenvalue weighted by atomic mass is 79.9. The van der Waals surface area contributed by atoms with Crippen LogP contribution in [0.2, 0.25) is 0 Å². The molecule has 4 nitrogen and oxygen atoms in total. The number of hydrogen-bond acceptors (Lipinski definition) is 5. The Kier molecular flexibility index (Phi) is 6.08. The standard InChI is InChI=1S/C21H18BrNO3S/c1-3-26-21(25)19-17(14-6-4-13(2)5-7-14)12-27-20(19)23-11-15-10-16(22)8-9-18(15)24/h4-12,24H,3H2,1-2H3/b23-11+. The molecule has 0 radical (unpaired) electrons. The van der Waals surface area contributed by atoms with Crippen molar-refractivity contribution >= 4 is 44.5 Å². The van der Waals surface area contributed by atoms with Crippen LogP contribution in [0.3, 0.4) is 0 Å². The Morgan fingerprint density at radius 3 is 2.70 bits per heavy atom. The van der Waals surface area contributed by atoms with Crippen molar-refractivity contribution in [2.75, 3.05) is 6.61 Å². The number of rotatable bonds is 5. The number of aromatic hydroxyl groups is 1. The first-order valence-corrected chi connectivity index (χ1v) is 10.0. The summed E-state index contributed by atoms with van der Waals surface area (Å²) in [5, 5.41) is 12.4. The molecular formula is C21H18BrNO3S. The van der Waals surface area contributed by atoms with Gasteiger partial charge < -0.3 is 9.84 Å². The number of carbonyl (C=O) groups excluding carboxylic acids is 1. The number of halogens is 1. The van der Waals surface area contributed by atoms with Crippen molar-refractivity contribution in [3.8, 4) is 16.9 Å². The summed E-state index contributed by atoms with van der Waals surface area (Å²) < 4.78 is 6.08. The predicted molar refractivity (Wildman–Crippen MR) is 114 cm³/mol. The molecule has 1 N–H and O–H groups in total. The number of phenols is 1. The number of aryl methyl sites for hydroxylation is 1. The molecule has 1 heterocycles. The Bertz CT molecular complexity index is 993. The highest BCUT2D eigenvalue weighted by Gasteiger charge is 2.21. The maximum absolute atomic E-state index is 12.6. The Labute approximate surface area is 170 Å². The third-order valence-corrected chi connectivity index (χ3v) is 5.30. The molecule has 0 aliphatic carbocycles. The highest BCUT2D eigenvalue weighted by Crippen LogP contribution is 2.38. The maximum Gasteiger partial charge on any atom is 0.341 e. The number of nitrogens with zero attached hydrogens (tertiary/aromatic N) is 1. The van der Waals surface area contributed by atoms with E-state index in [2.05, 4.69) is 20.9 Å². The van der Waals surface area contributed by atoms with Crippen molar-refractivity contribution in [2.24, 2.45) is 4.99 Å². The summed E-state index contributed by atoms with van der Waals surface area (Å²) in [6, 6.07) is 13.1. The predicted octanol–water partition coefficient (Wildman–Crippen LogP) is 6.12. The molecule has 0 atom stereocenters. The number of carbonyl (C=O) groups is 1. The smallest absolute Gasteiger partial charge is 0.341 e. The van der Waals surface area contributed by atoms with Crippen LogP contribution in [0.4, 0.5) is 5.00 Å². The van der Waals surface area contributed by atoms with Gasteiger partial charge in [-0.05, 0) is 37.6 Å². The lowest BCUT2D eigenvalue weighted by molar-refractivity contribution is 0.0529. The Morgan fingerprint density at radius 1 is 1.26 bits per heavy atom. The minimum Gasteiger partial charge on any atom is -0.507 e. The van der Waals surface area contributed by atoms with Crippen molar-refractivity contribution in [3.63, 3.8) is 0 Å². The zero-order chi connectivity index (χ0) is 19.4. The summed E-state index contributed by atoms with van der Waals surface area (Å²) in [7, 11) is 0. The van der Waals surface area contributed by atoms with Gasteiger partial charge in [0.15, 0.2) is 0 Å². The fourth-order valence-electron chi connectivity index (χ4n) is 2.55. The molecule has 0 unspecified atom stereocenters. The van der Waals surface area contributed by atoms with E-state index >= 15 is 0 Å². The molecule has 138 valence electrons.